The van der Waals surface area contributed by atoms with Crippen molar-refractivity contribution in [3.05, 3.63) is 42.1 Å². The van der Waals surface area contributed by atoms with Crippen LogP contribution in [0.25, 0.3) is 5.69 Å². The van der Waals surface area contributed by atoms with Crippen molar-refractivity contribution in [3.63, 3.8) is 0 Å². The number of primary amides is 1. The highest BCUT2D eigenvalue weighted by atomic mass is 19.1. The van der Waals surface area contributed by atoms with Gasteiger partial charge in [-0.3, -0.25) is 4.79 Å². The number of hydrogen-bond donors (Lipinski definition) is 4. The molecular formula is C20H24FN9O2. The van der Waals surface area contributed by atoms with Gasteiger partial charge in [-0.25, -0.2) is 14.4 Å². The summed E-state index contributed by atoms with van der Waals surface area (Å²) in [6.45, 7) is 0. The topological polar surface area (TPSA) is 159 Å². The Kier molecular flexibility index (Phi) is 6.12. The van der Waals surface area contributed by atoms with E-state index >= 15 is 0 Å². The van der Waals surface area contributed by atoms with Gasteiger partial charge in [-0.2, -0.15) is 10.2 Å². The van der Waals surface area contributed by atoms with Crippen LogP contribution in [-0.4, -0.2) is 50.1 Å². The number of ether oxygens (including phenoxy) is 1. The molecule has 1 fully saturated rings. The molecule has 12 heteroatoms. The molecule has 1 amide bonds. The van der Waals surface area contributed by atoms with Gasteiger partial charge in [-0.05, 0) is 25.0 Å². The van der Waals surface area contributed by atoms with E-state index in [-0.39, 0.29) is 29.3 Å². The number of methoxy groups -OCH3 is 1. The van der Waals surface area contributed by atoms with E-state index in [1.807, 2.05) is 0 Å². The quantitative estimate of drug-likeness (QED) is 0.428. The van der Waals surface area contributed by atoms with Gasteiger partial charge in [0.2, 0.25) is 5.88 Å². The Morgan fingerprint density at radius 2 is 1.97 bits per heavy atom. The van der Waals surface area contributed by atoms with Gasteiger partial charge in [0, 0.05) is 12.1 Å². The van der Waals surface area contributed by atoms with Gasteiger partial charge in [0.05, 0.1) is 37.0 Å². The minimum atomic E-state index is -0.824. The Morgan fingerprint density at radius 3 is 2.66 bits per heavy atom. The van der Waals surface area contributed by atoms with Crippen LogP contribution in [-0.2, 0) is 0 Å². The first kappa shape index (κ1) is 21.4. The molecule has 0 aromatic carbocycles. The minimum Gasteiger partial charge on any atom is -0.479 e. The van der Waals surface area contributed by atoms with E-state index < -0.39 is 11.7 Å². The van der Waals surface area contributed by atoms with Crippen LogP contribution in [0.2, 0.25) is 0 Å². The third-order valence-corrected chi connectivity index (χ3v) is 5.31. The summed E-state index contributed by atoms with van der Waals surface area (Å²) < 4.78 is 20.0. The van der Waals surface area contributed by atoms with Crippen LogP contribution in [0.1, 0.15) is 36.0 Å². The predicted octanol–water partition coefficient (Wildman–Crippen LogP) is 1.73. The molecule has 11 nitrogen and oxygen atoms in total. The second-order valence-electron chi connectivity index (χ2n) is 7.47. The van der Waals surface area contributed by atoms with Crippen molar-refractivity contribution < 1.29 is 13.9 Å². The molecule has 0 radical (unpaired) electrons. The molecule has 3 aromatic rings. The van der Waals surface area contributed by atoms with Crippen molar-refractivity contribution in [3.8, 4) is 11.6 Å². The number of pyridine rings is 2. The van der Waals surface area contributed by atoms with E-state index in [9.17, 15) is 9.18 Å². The molecule has 1 aliphatic carbocycles. The Bertz CT molecular complexity index is 1110. The summed E-state index contributed by atoms with van der Waals surface area (Å²) in [6.07, 6.45) is 8.21. The van der Waals surface area contributed by atoms with E-state index in [0.29, 0.717) is 17.3 Å². The molecule has 3 aromatic heterocycles. The zero-order valence-electron chi connectivity index (χ0n) is 17.5. The van der Waals surface area contributed by atoms with E-state index in [4.69, 9.17) is 16.2 Å². The van der Waals surface area contributed by atoms with E-state index in [0.717, 1.165) is 31.7 Å². The Morgan fingerprint density at radius 1 is 1.22 bits per heavy atom. The maximum Gasteiger partial charge on any atom is 0.252 e. The van der Waals surface area contributed by atoms with Crippen molar-refractivity contribution in [2.24, 2.45) is 11.5 Å². The van der Waals surface area contributed by atoms with Gasteiger partial charge >= 0.3 is 0 Å². The number of aromatic nitrogens is 5. The molecule has 2 atom stereocenters. The Labute approximate surface area is 183 Å². The summed E-state index contributed by atoms with van der Waals surface area (Å²) in [4.78, 5) is 21.8. The second-order valence-corrected chi connectivity index (χ2v) is 7.47. The van der Waals surface area contributed by atoms with E-state index in [1.165, 1.54) is 30.5 Å². The Hall–Kier alpha value is -3.80. The molecule has 6 N–H and O–H groups in total. The largest absolute Gasteiger partial charge is 0.479 e. The van der Waals surface area contributed by atoms with Crippen molar-refractivity contribution in [2.45, 2.75) is 37.8 Å². The molecule has 0 bridgehead atoms. The lowest BCUT2D eigenvalue weighted by Gasteiger charge is -2.30. The Balaban J connectivity index is 1.68. The van der Waals surface area contributed by atoms with Crippen molar-refractivity contribution in [2.75, 3.05) is 17.7 Å². The zero-order valence-corrected chi connectivity index (χ0v) is 17.5. The minimum absolute atomic E-state index is 0.00436. The van der Waals surface area contributed by atoms with E-state index in [2.05, 4.69) is 30.8 Å². The molecule has 168 valence electrons. The van der Waals surface area contributed by atoms with Crippen LogP contribution in [0.5, 0.6) is 5.88 Å². The number of hydrogen-bond acceptors (Lipinski definition) is 9. The predicted molar refractivity (Wildman–Crippen MR) is 116 cm³/mol. The SMILES string of the molecule is COc1ncc(Nc2nc(NC3CCCC[C@@H]3N)c(F)cc2C(N)=O)cc1-n1nccn1. The summed E-state index contributed by atoms with van der Waals surface area (Å²) in [5.41, 5.74) is 12.4. The first-order valence-corrected chi connectivity index (χ1v) is 10.2. The normalized spacial score (nSPS) is 18.2. The van der Waals surface area contributed by atoms with Crippen LogP contribution < -0.4 is 26.8 Å². The lowest BCUT2D eigenvalue weighted by Crippen LogP contribution is -2.43. The number of nitrogens with zero attached hydrogens (tertiary/aromatic N) is 5. The summed E-state index contributed by atoms with van der Waals surface area (Å²) >= 11 is 0. The number of halogens is 1. The highest BCUT2D eigenvalue weighted by Gasteiger charge is 2.24. The maximum absolute atomic E-state index is 14.7. The fourth-order valence-corrected chi connectivity index (χ4v) is 3.67. The molecule has 4 rings (SSSR count). The molecule has 0 aliphatic heterocycles. The molecule has 32 heavy (non-hydrogen) atoms. The van der Waals surface area contributed by atoms with Crippen molar-refractivity contribution >= 4 is 23.2 Å². The van der Waals surface area contributed by atoms with Crippen LogP contribution in [0.3, 0.4) is 0 Å². The standard InChI is InChI=1S/C20H24FN9O2/c1-32-20-16(30-25-6-7-26-30)8-11(10-24-20)27-18-12(17(23)31)9-13(21)19(29-18)28-15-5-3-2-4-14(15)22/h6-10,14-15H,2-5,22H2,1H3,(H2,23,31)(H2,27,28,29)/t14-,15?/m0/s1. The fraction of sp³-hybridized carbons (Fsp3) is 0.350. The monoisotopic (exact) mass is 441 g/mol. The van der Waals surface area contributed by atoms with E-state index in [1.54, 1.807) is 6.07 Å². The van der Waals surface area contributed by atoms with Gasteiger partial charge < -0.3 is 26.8 Å². The number of amides is 1. The molecule has 1 saturated carbocycles. The smallest absolute Gasteiger partial charge is 0.252 e. The second kappa shape index (κ2) is 9.14. The number of carbonyl (C=O) groups is 1. The highest BCUT2D eigenvalue weighted by molar-refractivity contribution is 5.98. The van der Waals surface area contributed by atoms with Gasteiger partial charge in [0.1, 0.15) is 11.5 Å². The fourth-order valence-electron chi connectivity index (χ4n) is 3.67. The first-order valence-electron chi connectivity index (χ1n) is 10.2. The van der Waals surface area contributed by atoms with Gasteiger partial charge in [-0.15, -0.1) is 4.80 Å². The number of anilines is 3. The van der Waals surface area contributed by atoms with Crippen molar-refractivity contribution in [1.82, 2.24) is 25.0 Å². The van der Waals surface area contributed by atoms with Crippen LogP contribution in [0.4, 0.5) is 21.7 Å². The lowest BCUT2D eigenvalue weighted by atomic mass is 9.91. The summed E-state index contributed by atoms with van der Waals surface area (Å²) in [5, 5.41) is 14.2. The summed E-state index contributed by atoms with van der Waals surface area (Å²) in [7, 11) is 1.48. The van der Waals surface area contributed by atoms with Crippen LogP contribution in [0.15, 0.2) is 30.7 Å². The average molecular weight is 441 g/mol. The molecular weight excluding hydrogens is 417 g/mol. The number of carbonyl (C=O) groups excluding carboxylic acids is 1. The lowest BCUT2D eigenvalue weighted by molar-refractivity contribution is 0.100. The summed E-state index contributed by atoms with van der Waals surface area (Å²) in [6, 6.07) is 2.50. The molecule has 0 spiro atoms. The number of rotatable bonds is 7. The highest BCUT2D eigenvalue weighted by Crippen LogP contribution is 2.28. The van der Waals surface area contributed by atoms with Gasteiger partial charge in [0.15, 0.2) is 11.6 Å². The zero-order chi connectivity index (χ0) is 22.7. The number of nitrogens with one attached hydrogen (secondary N) is 2. The van der Waals surface area contributed by atoms with Gasteiger partial charge in [-0.1, -0.05) is 12.8 Å². The third kappa shape index (κ3) is 4.44. The average Bonchev–Trinajstić information content (AvgIpc) is 3.32. The van der Waals surface area contributed by atoms with Crippen LogP contribution in [0, 0.1) is 5.82 Å². The van der Waals surface area contributed by atoms with Crippen molar-refractivity contribution in [1.29, 1.82) is 0 Å². The molecule has 3 heterocycles. The van der Waals surface area contributed by atoms with Gasteiger partial charge in [0.25, 0.3) is 5.91 Å². The van der Waals surface area contributed by atoms with Crippen LogP contribution >= 0.6 is 0 Å². The third-order valence-electron chi connectivity index (χ3n) is 5.31. The molecule has 0 saturated heterocycles. The maximum atomic E-state index is 14.7. The first-order chi connectivity index (χ1) is 15.5. The number of nitrogens with two attached hydrogens (primary N) is 2. The summed E-state index contributed by atoms with van der Waals surface area (Å²) in [5.74, 6) is -1.14. The molecule has 1 unspecified atom stereocenters. The molecule has 1 aliphatic rings.